The molecule has 0 atom stereocenters. The zero-order valence-corrected chi connectivity index (χ0v) is 10.0. The Morgan fingerprint density at radius 1 is 1.56 bits per heavy atom. The number of rotatable bonds is 4. The molecule has 0 bridgehead atoms. The van der Waals surface area contributed by atoms with E-state index >= 15 is 0 Å². The van der Waals surface area contributed by atoms with E-state index in [9.17, 15) is 13.6 Å². The summed E-state index contributed by atoms with van der Waals surface area (Å²) >= 11 is 0. The van der Waals surface area contributed by atoms with Gasteiger partial charge in [-0.05, 0) is 25.3 Å². The number of ether oxygens (including phenoxy) is 1. The third kappa shape index (κ3) is 2.33. The van der Waals surface area contributed by atoms with Gasteiger partial charge in [0.15, 0.2) is 5.82 Å². The van der Waals surface area contributed by atoms with Crippen molar-refractivity contribution in [3.8, 4) is 0 Å². The predicted octanol–water partition coefficient (Wildman–Crippen LogP) is 1.66. The van der Waals surface area contributed by atoms with E-state index in [1.165, 1.54) is 0 Å². The van der Waals surface area contributed by atoms with Crippen LogP contribution in [0.2, 0.25) is 0 Å². The first kappa shape index (κ1) is 12.9. The molecule has 0 spiro atoms. The maximum absolute atomic E-state index is 13.3. The number of hydrogen-bond acceptors (Lipinski definition) is 3. The summed E-state index contributed by atoms with van der Waals surface area (Å²) in [6.07, 6.45) is 3.82. The second-order valence-corrected chi connectivity index (χ2v) is 4.39. The molecule has 1 aliphatic carbocycles. The number of methoxy groups -OCH3 is 1. The van der Waals surface area contributed by atoms with Crippen LogP contribution in [0.25, 0.3) is 0 Å². The number of hydrogen-bond donors (Lipinski definition) is 1. The maximum Gasteiger partial charge on any atom is 0.254 e. The van der Waals surface area contributed by atoms with Crippen LogP contribution < -0.4 is 5.32 Å². The molecular formula is C12H14F2N2O2. The first-order valence-electron chi connectivity index (χ1n) is 5.71. The van der Waals surface area contributed by atoms with Crippen molar-refractivity contribution in [3.05, 3.63) is 29.6 Å². The monoisotopic (exact) mass is 256 g/mol. The second kappa shape index (κ2) is 4.97. The molecule has 0 radical (unpaired) electrons. The van der Waals surface area contributed by atoms with Gasteiger partial charge in [0.05, 0.1) is 11.2 Å². The van der Waals surface area contributed by atoms with Crippen molar-refractivity contribution in [3.63, 3.8) is 0 Å². The number of aromatic nitrogens is 1. The van der Waals surface area contributed by atoms with E-state index in [0.717, 1.165) is 31.5 Å². The summed E-state index contributed by atoms with van der Waals surface area (Å²) in [4.78, 5) is 14.8. The van der Waals surface area contributed by atoms with Gasteiger partial charge in [0.25, 0.3) is 5.91 Å². The number of carbonyl (C=O) groups is 1. The van der Waals surface area contributed by atoms with Crippen LogP contribution in [0.15, 0.2) is 12.3 Å². The smallest absolute Gasteiger partial charge is 0.254 e. The van der Waals surface area contributed by atoms with Crippen molar-refractivity contribution in [2.24, 2.45) is 0 Å². The standard InChI is InChI=1S/C12H14F2N2O2/c1-18-12(4-2-5-12)7-16-11(17)8-3-6-15-10(14)9(8)13/h3,6H,2,4-5,7H2,1H3,(H,16,17). The van der Waals surface area contributed by atoms with Crippen LogP contribution >= 0.6 is 0 Å². The minimum atomic E-state index is -1.27. The molecule has 6 heteroatoms. The largest absolute Gasteiger partial charge is 0.376 e. The summed E-state index contributed by atoms with van der Waals surface area (Å²) in [5.74, 6) is -3.15. The van der Waals surface area contributed by atoms with Crippen molar-refractivity contribution >= 4 is 5.91 Å². The molecule has 0 unspecified atom stereocenters. The molecule has 18 heavy (non-hydrogen) atoms. The Kier molecular flexibility index (Phi) is 3.56. The highest BCUT2D eigenvalue weighted by Crippen LogP contribution is 2.34. The third-order valence-electron chi connectivity index (χ3n) is 3.36. The molecule has 1 aromatic rings. The molecule has 0 aliphatic heterocycles. The van der Waals surface area contributed by atoms with Gasteiger partial charge in [0, 0.05) is 19.9 Å². The summed E-state index contributed by atoms with van der Waals surface area (Å²) in [5.41, 5.74) is -0.689. The number of halogens is 2. The first-order chi connectivity index (χ1) is 8.58. The minimum Gasteiger partial charge on any atom is -0.376 e. The Morgan fingerprint density at radius 3 is 2.83 bits per heavy atom. The molecule has 1 fully saturated rings. The second-order valence-electron chi connectivity index (χ2n) is 4.39. The quantitative estimate of drug-likeness (QED) is 0.833. The topological polar surface area (TPSA) is 51.2 Å². The maximum atomic E-state index is 13.3. The molecule has 1 aliphatic rings. The number of amides is 1. The molecule has 1 N–H and O–H groups in total. The van der Waals surface area contributed by atoms with Crippen molar-refractivity contribution in [2.75, 3.05) is 13.7 Å². The van der Waals surface area contributed by atoms with Gasteiger partial charge in [-0.2, -0.15) is 4.39 Å². The fourth-order valence-corrected chi connectivity index (χ4v) is 1.95. The lowest BCUT2D eigenvalue weighted by molar-refractivity contribution is -0.0679. The van der Waals surface area contributed by atoms with E-state index < -0.39 is 17.7 Å². The lowest BCUT2D eigenvalue weighted by Crippen LogP contribution is -2.49. The lowest BCUT2D eigenvalue weighted by atomic mass is 9.80. The Morgan fingerprint density at radius 2 is 2.28 bits per heavy atom. The van der Waals surface area contributed by atoms with Gasteiger partial charge in [-0.25, -0.2) is 9.37 Å². The summed E-state index contributed by atoms with van der Waals surface area (Å²) in [5, 5.41) is 2.56. The Labute approximate surface area is 103 Å². The normalized spacial score (nSPS) is 17.1. The van der Waals surface area contributed by atoms with Crippen LogP contribution in [0.4, 0.5) is 8.78 Å². The first-order valence-corrected chi connectivity index (χ1v) is 5.71. The molecule has 1 aromatic heterocycles. The van der Waals surface area contributed by atoms with Crippen molar-refractivity contribution < 1.29 is 18.3 Å². The SMILES string of the molecule is COC1(CNC(=O)c2ccnc(F)c2F)CCC1. The Hall–Kier alpha value is -1.56. The molecule has 0 aromatic carbocycles. The fraction of sp³-hybridized carbons (Fsp3) is 0.500. The average Bonchev–Trinajstić information content (AvgIpc) is 2.31. The molecule has 0 saturated heterocycles. The number of nitrogens with zero attached hydrogens (tertiary/aromatic N) is 1. The summed E-state index contributed by atoms with van der Waals surface area (Å²) in [6.45, 7) is 0.297. The van der Waals surface area contributed by atoms with E-state index in [4.69, 9.17) is 4.74 Å². The zero-order valence-electron chi connectivity index (χ0n) is 10.0. The number of carbonyl (C=O) groups excluding carboxylic acids is 1. The highest BCUT2D eigenvalue weighted by atomic mass is 19.2. The van der Waals surface area contributed by atoms with E-state index in [2.05, 4.69) is 10.3 Å². The van der Waals surface area contributed by atoms with Gasteiger partial charge < -0.3 is 10.1 Å². The Balaban J connectivity index is 2.02. The van der Waals surface area contributed by atoms with Crippen LogP contribution in [0.5, 0.6) is 0 Å². The molecule has 1 amide bonds. The molecule has 2 rings (SSSR count). The van der Waals surface area contributed by atoms with Crippen LogP contribution in [0, 0.1) is 11.8 Å². The summed E-state index contributed by atoms with van der Waals surface area (Å²) in [6, 6.07) is 1.15. The van der Waals surface area contributed by atoms with Crippen molar-refractivity contribution in [2.45, 2.75) is 24.9 Å². The summed E-state index contributed by atoms with van der Waals surface area (Å²) < 4.78 is 31.5. The zero-order chi connectivity index (χ0) is 13.2. The molecular weight excluding hydrogens is 242 g/mol. The van der Waals surface area contributed by atoms with Gasteiger partial charge in [0.2, 0.25) is 5.95 Å². The van der Waals surface area contributed by atoms with Crippen LogP contribution in [-0.2, 0) is 4.74 Å². The van der Waals surface area contributed by atoms with Crippen molar-refractivity contribution in [1.29, 1.82) is 0 Å². The minimum absolute atomic E-state index is 0.297. The Bertz CT molecular complexity index is 456. The summed E-state index contributed by atoms with van der Waals surface area (Å²) in [7, 11) is 1.58. The van der Waals surface area contributed by atoms with Gasteiger partial charge in [-0.15, -0.1) is 0 Å². The van der Waals surface area contributed by atoms with Gasteiger partial charge >= 0.3 is 0 Å². The van der Waals surface area contributed by atoms with Gasteiger partial charge in [-0.1, -0.05) is 0 Å². The van der Waals surface area contributed by atoms with E-state index in [1.54, 1.807) is 7.11 Å². The van der Waals surface area contributed by atoms with Gasteiger partial charge in [0.1, 0.15) is 0 Å². The number of pyridine rings is 1. The van der Waals surface area contributed by atoms with E-state index in [1.807, 2.05) is 0 Å². The van der Waals surface area contributed by atoms with Crippen LogP contribution in [0.1, 0.15) is 29.6 Å². The fourth-order valence-electron chi connectivity index (χ4n) is 1.95. The van der Waals surface area contributed by atoms with E-state index in [0.29, 0.717) is 6.54 Å². The highest BCUT2D eigenvalue weighted by molar-refractivity contribution is 5.94. The van der Waals surface area contributed by atoms with Crippen LogP contribution in [0.3, 0.4) is 0 Å². The van der Waals surface area contributed by atoms with Crippen molar-refractivity contribution in [1.82, 2.24) is 10.3 Å². The molecule has 1 heterocycles. The number of nitrogens with one attached hydrogen (secondary N) is 1. The van der Waals surface area contributed by atoms with E-state index in [-0.39, 0.29) is 11.2 Å². The average molecular weight is 256 g/mol. The predicted molar refractivity (Wildman–Crippen MR) is 60.1 cm³/mol. The molecule has 98 valence electrons. The third-order valence-corrected chi connectivity index (χ3v) is 3.36. The highest BCUT2D eigenvalue weighted by Gasteiger charge is 2.37. The lowest BCUT2D eigenvalue weighted by Gasteiger charge is -2.40. The van der Waals surface area contributed by atoms with Crippen LogP contribution in [-0.4, -0.2) is 30.1 Å². The molecule has 4 nitrogen and oxygen atoms in total. The van der Waals surface area contributed by atoms with Gasteiger partial charge in [-0.3, -0.25) is 4.79 Å². The molecule has 1 saturated carbocycles.